The lowest BCUT2D eigenvalue weighted by Gasteiger charge is -2.49. The third-order valence-corrected chi connectivity index (χ3v) is 6.36. The molecule has 10 heteroatoms. The first-order valence-corrected chi connectivity index (χ1v) is 9.96. The molecule has 0 radical (unpaired) electrons. The van der Waals surface area contributed by atoms with Crippen LogP contribution in [0.3, 0.4) is 0 Å². The van der Waals surface area contributed by atoms with Crippen LogP contribution in [0.4, 0.5) is 10.2 Å². The second-order valence-electron chi connectivity index (χ2n) is 8.58. The highest BCUT2D eigenvalue weighted by molar-refractivity contribution is 6.02. The minimum absolute atomic E-state index is 0.00779. The summed E-state index contributed by atoms with van der Waals surface area (Å²) in [5, 5.41) is 25.9. The van der Waals surface area contributed by atoms with Gasteiger partial charge in [-0.3, -0.25) is 19.2 Å². The van der Waals surface area contributed by atoms with Gasteiger partial charge in [-0.15, -0.1) is 0 Å². The number of nitrogens with two attached hydrogens (primary N) is 1. The molecule has 3 fully saturated rings. The van der Waals surface area contributed by atoms with E-state index in [-0.39, 0.29) is 48.8 Å². The fraction of sp³-hybridized carbons (Fsp3) is 0.684. The molecule has 2 amide bonds. The zero-order valence-electron chi connectivity index (χ0n) is 16.1. The smallest absolute Gasteiger partial charge is 0.254 e. The van der Waals surface area contributed by atoms with Gasteiger partial charge in [-0.25, -0.2) is 4.39 Å². The Bertz CT molecular complexity index is 856. The first-order valence-electron chi connectivity index (χ1n) is 9.96. The maximum Gasteiger partial charge on any atom is 0.254 e. The molecule has 1 saturated heterocycles. The number of nitriles is 1. The SMILES string of the molecule is N#CCC1(n2cc(C(N)=O)c(NC(=O)C3CC3)n2)CCC(N2CC(O)(F)C2)CC1. The lowest BCUT2D eigenvalue weighted by Crippen LogP contribution is -2.63. The van der Waals surface area contributed by atoms with Gasteiger partial charge in [0.15, 0.2) is 5.82 Å². The van der Waals surface area contributed by atoms with E-state index in [0.717, 1.165) is 12.8 Å². The number of hydrogen-bond donors (Lipinski definition) is 3. The Hall–Kier alpha value is -2.51. The maximum atomic E-state index is 13.4. The monoisotopic (exact) mass is 404 g/mol. The number of carbonyl (C=O) groups excluding carboxylic acids is 2. The van der Waals surface area contributed by atoms with Crippen molar-refractivity contribution >= 4 is 17.6 Å². The molecule has 0 spiro atoms. The summed E-state index contributed by atoms with van der Waals surface area (Å²) in [6.07, 6.45) is 6.02. The Morgan fingerprint density at radius 2 is 2.00 bits per heavy atom. The Labute approximate surface area is 167 Å². The molecule has 9 nitrogen and oxygen atoms in total. The molecule has 4 N–H and O–H groups in total. The van der Waals surface area contributed by atoms with Crippen molar-refractivity contribution in [1.82, 2.24) is 14.7 Å². The molecule has 2 aliphatic carbocycles. The normalized spacial score (nSPS) is 28.9. The van der Waals surface area contributed by atoms with Crippen LogP contribution < -0.4 is 11.1 Å². The van der Waals surface area contributed by atoms with Gasteiger partial charge in [0.05, 0.1) is 31.1 Å². The van der Waals surface area contributed by atoms with E-state index in [2.05, 4.69) is 16.5 Å². The molecule has 156 valence electrons. The molecule has 0 aromatic carbocycles. The van der Waals surface area contributed by atoms with Crippen LogP contribution >= 0.6 is 0 Å². The van der Waals surface area contributed by atoms with E-state index in [1.54, 1.807) is 4.68 Å². The number of primary amides is 1. The fourth-order valence-corrected chi connectivity index (χ4v) is 4.43. The van der Waals surface area contributed by atoms with Crippen LogP contribution in [0.25, 0.3) is 0 Å². The number of anilines is 1. The van der Waals surface area contributed by atoms with Crippen molar-refractivity contribution in [2.45, 2.75) is 62.4 Å². The maximum absolute atomic E-state index is 13.4. The summed E-state index contributed by atoms with van der Waals surface area (Å²) in [6, 6.07) is 2.35. The molecule has 2 heterocycles. The summed E-state index contributed by atoms with van der Waals surface area (Å²) in [5.41, 5.74) is 4.99. The Kier molecular flexibility index (Phi) is 4.83. The number of aliphatic hydroxyl groups is 1. The van der Waals surface area contributed by atoms with Crippen molar-refractivity contribution in [2.24, 2.45) is 11.7 Å². The first-order chi connectivity index (χ1) is 13.7. The predicted molar refractivity (Wildman–Crippen MR) is 100 cm³/mol. The molecule has 3 aliphatic rings. The number of hydrogen-bond acceptors (Lipinski definition) is 6. The fourth-order valence-electron chi connectivity index (χ4n) is 4.43. The third-order valence-electron chi connectivity index (χ3n) is 6.36. The standard InChI is InChI=1S/C19H25FN6O3/c20-19(29)10-25(11-19)13-3-5-18(6-4-13,7-8-21)26-9-14(15(22)27)16(24-26)23-17(28)12-1-2-12/h9,12-13,29H,1-7,10-11H2,(H2,22,27)(H,23,24,28). The molecule has 29 heavy (non-hydrogen) atoms. The summed E-state index contributed by atoms with van der Waals surface area (Å²) in [5.74, 6) is -2.87. The molecule has 1 aromatic heterocycles. The van der Waals surface area contributed by atoms with E-state index < -0.39 is 17.3 Å². The van der Waals surface area contributed by atoms with Crippen LogP contribution in [0.2, 0.25) is 0 Å². The average Bonchev–Trinajstić information content (AvgIpc) is 3.41. The highest BCUT2D eigenvalue weighted by Gasteiger charge is 2.47. The predicted octanol–water partition coefficient (Wildman–Crippen LogP) is 0.856. The van der Waals surface area contributed by atoms with Crippen molar-refractivity contribution in [3.05, 3.63) is 11.8 Å². The average molecular weight is 404 g/mol. The van der Waals surface area contributed by atoms with Gasteiger partial charge in [-0.1, -0.05) is 0 Å². The van der Waals surface area contributed by atoms with E-state index in [1.165, 1.54) is 6.20 Å². The largest absolute Gasteiger partial charge is 0.365 e. The van der Waals surface area contributed by atoms with Gasteiger partial charge in [-0.05, 0) is 38.5 Å². The summed E-state index contributed by atoms with van der Waals surface area (Å²) in [4.78, 5) is 25.9. The van der Waals surface area contributed by atoms with E-state index in [9.17, 15) is 24.3 Å². The van der Waals surface area contributed by atoms with Crippen LogP contribution in [0.5, 0.6) is 0 Å². The van der Waals surface area contributed by atoms with E-state index in [1.807, 2.05) is 4.90 Å². The summed E-state index contributed by atoms with van der Waals surface area (Å²) in [7, 11) is 0. The lowest BCUT2D eigenvalue weighted by molar-refractivity contribution is -0.204. The molecule has 0 atom stereocenters. The lowest BCUT2D eigenvalue weighted by atomic mass is 9.76. The quantitative estimate of drug-likeness (QED) is 0.643. The number of halogens is 1. The number of carbonyl (C=O) groups is 2. The van der Waals surface area contributed by atoms with E-state index in [4.69, 9.17) is 5.73 Å². The van der Waals surface area contributed by atoms with Gasteiger partial charge in [0.1, 0.15) is 5.56 Å². The number of nitrogens with zero attached hydrogens (tertiary/aromatic N) is 4. The van der Waals surface area contributed by atoms with Crippen LogP contribution in [0, 0.1) is 17.2 Å². The molecular weight excluding hydrogens is 379 g/mol. The summed E-state index contributed by atoms with van der Waals surface area (Å²) < 4.78 is 15.0. The van der Waals surface area contributed by atoms with Gasteiger partial charge in [-0.2, -0.15) is 10.4 Å². The minimum Gasteiger partial charge on any atom is -0.365 e. The Balaban J connectivity index is 1.53. The number of alkyl halides is 1. The number of nitrogens with one attached hydrogen (secondary N) is 1. The molecular formula is C19H25FN6O3. The molecule has 1 aliphatic heterocycles. The molecule has 0 bridgehead atoms. The van der Waals surface area contributed by atoms with Crippen molar-refractivity contribution in [2.75, 3.05) is 18.4 Å². The first kappa shape index (κ1) is 19.8. The number of β-amino-alcohol motifs (C(OH)–C–C–N with tert-alkyl or cyclic N) is 1. The number of rotatable bonds is 6. The van der Waals surface area contributed by atoms with E-state index >= 15 is 0 Å². The van der Waals surface area contributed by atoms with Gasteiger partial charge in [0.2, 0.25) is 11.8 Å². The van der Waals surface area contributed by atoms with Gasteiger partial charge >= 0.3 is 0 Å². The summed E-state index contributed by atoms with van der Waals surface area (Å²) in [6.45, 7) is 0.0156. The van der Waals surface area contributed by atoms with Gasteiger partial charge in [0, 0.05) is 18.2 Å². The van der Waals surface area contributed by atoms with Crippen molar-refractivity contribution in [3.63, 3.8) is 0 Å². The molecule has 0 unspecified atom stereocenters. The van der Waals surface area contributed by atoms with Crippen molar-refractivity contribution in [3.8, 4) is 6.07 Å². The highest BCUT2D eigenvalue weighted by atomic mass is 19.2. The second kappa shape index (κ2) is 7.07. The zero-order chi connectivity index (χ0) is 20.8. The zero-order valence-corrected chi connectivity index (χ0v) is 16.1. The van der Waals surface area contributed by atoms with Crippen LogP contribution in [0.15, 0.2) is 6.20 Å². The van der Waals surface area contributed by atoms with Crippen LogP contribution in [-0.2, 0) is 10.3 Å². The van der Waals surface area contributed by atoms with Crippen LogP contribution in [0.1, 0.15) is 55.3 Å². The molecule has 4 rings (SSSR count). The third kappa shape index (κ3) is 3.84. The Morgan fingerprint density at radius 3 is 2.52 bits per heavy atom. The van der Waals surface area contributed by atoms with Gasteiger partial charge in [0.25, 0.3) is 5.91 Å². The number of likely N-dealkylation sites (tertiary alicyclic amines) is 1. The van der Waals surface area contributed by atoms with E-state index in [0.29, 0.717) is 25.7 Å². The van der Waals surface area contributed by atoms with Crippen LogP contribution in [-0.4, -0.2) is 56.6 Å². The molecule has 1 aromatic rings. The summed E-state index contributed by atoms with van der Waals surface area (Å²) >= 11 is 0. The molecule has 2 saturated carbocycles. The number of aromatic nitrogens is 2. The minimum atomic E-state index is -2.10. The van der Waals surface area contributed by atoms with Crippen molar-refractivity contribution in [1.29, 1.82) is 5.26 Å². The second-order valence-corrected chi connectivity index (χ2v) is 8.58. The Morgan fingerprint density at radius 1 is 1.34 bits per heavy atom. The highest BCUT2D eigenvalue weighted by Crippen LogP contribution is 2.42. The van der Waals surface area contributed by atoms with Crippen molar-refractivity contribution < 1.29 is 19.1 Å². The topological polar surface area (TPSA) is 137 Å². The number of amides is 2. The van der Waals surface area contributed by atoms with Gasteiger partial charge < -0.3 is 16.2 Å².